The first-order valence-corrected chi connectivity index (χ1v) is 7.73. The van der Waals surface area contributed by atoms with Gasteiger partial charge in [-0.1, -0.05) is 18.2 Å². The van der Waals surface area contributed by atoms with Crippen molar-refractivity contribution in [3.63, 3.8) is 0 Å². The van der Waals surface area contributed by atoms with Crippen LogP contribution < -0.4 is 0 Å². The van der Waals surface area contributed by atoms with Gasteiger partial charge in [0.15, 0.2) is 0 Å². The molecule has 3 rings (SSSR count). The van der Waals surface area contributed by atoms with Gasteiger partial charge < -0.3 is 0 Å². The smallest absolute Gasteiger partial charge is 0.123 e. The van der Waals surface area contributed by atoms with Crippen molar-refractivity contribution in [2.45, 2.75) is 13.5 Å². The topological polar surface area (TPSA) is 17.8 Å². The predicted molar refractivity (Wildman–Crippen MR) is 90.6 cm³/mol. The normalized spacial score (nSPS) is 10.8. The van der Waals surface area contributed by atoms with E-state index in [2.05, 4.69) is 52.0 Å². The predicted octanol–water partition coefficient (Wildman–Crippen LogP) is 4.65. The zero-order valence-corrected chi connectivity index (χ0v) is 13.7. The lowest BCUT2D eigenvalue weighted by Crippen LogP contribution is -2.01. The Morgan fingerprint density at radius 3 is 2.57 bits per heavy atom. The number of aryl methyl sites for hydroxylation is 1. The molecule has 0 aliphatic rings. The summed E-state index contributed by atoms with van der Waals surface area (Å²) in [5, 5.41) is 4.39. The van der Waals surface area contributed by atoms with Crippen LogP contribution in [0, 0.1) is 16.3 Å². The monoisotopic (exact) mass is 392 g/mol. The fourth-order valence-corrected chi connectivity index (χ4v) is 2.61. The summed E-state index contributed by atoms with van der Waals surface area (Å²) in [5.74, 6) is -0.198. The number of halogens is 2. The highest BCUT2D eigenvalue weighted by molar-refractivity contribution is 14.1. The largest absolute Gasteiger partial charge is 0.268 e. The highest BCUT2D eigenvalue weighted by Gasteiger charge is 2.05. The minimum atomic E-state index is -0.198. The van der Waals surface area contributed by atoms with Crippen LogP contribution in [0.2, 0.25) is 0 Å². The van der Waals surface area contributed by atoms with Gasteiger partial charge in [0.1, 0.15) is 5.82 Å². The first kappa shape index (κ1) is 14.3. The van der Waals surface area contributed by atoms with Crippen molar-refractivity contribution in [3.05, 3.63) is 75.4 Å². The Bertz CT molecular complexity index is 763. The van der Waals surface area contributed by atoms with E-state index in [-0.39, 0.29) is 5.82 Å². The molecule has 2 aromatic carbocycles. The molecular weight excluding hydrogens is 378 g/mol. The Balaban J connectivity index is 1.83. The van der Waals surface area contributed by atoms with E-state index in [1.54, 1.807) is 6.07 Å². The van der Waals surface area contributed by atoms with E-state index in [0.717, 1.165) is 22.3 Å². The highest BCUT2D eigenvalue weighted by Crippen LogP contribution is 2.20. The number of aromatic nitrogens is 2. The minimum Gasteiger partial charge on any atom is -0.268 e. The lowest BCUT2D eigenvalue weighted by molar-refractivity contribution is 0.622. The fraction of sp³-hybridized carbons (Fsp3) is 0.118. The molecule has 0 fully saturated rings. The van der Waals surface area contributed by atoms with Crippen LogP contribution in [-0.4, -0.2) is 9.78 Å². The van der Waals surface area contributed by atoms with E-state index in [1.165, 1.54) is 9.64 Å². The van der Waals surface area contributed by atoms with Crippen molar-refractivity contribution in [3.8, 4) is 11.1 Å². The van der Waals surface area contributed by atoms with E-state index in [1.807, 2.05) is 30.1 Å². The van der Waals surface area contributed by atoms with Crippen molar-refractivity contribution in [1.82, 2.24) is 9.78 Å². The molecule has 0 aliphatic heterocycles. The Morgan fingerprint density at radius 1 is 1.10 bits per heavy atom. The summed E-state index contributed by atoms with van der Waals surface area (Å²) in [6.45, 7) is 2.57. The molecule has 0 amide bonds. The summed E-state index contributed by atoms with van der Waals surface area (Å²) in [7, 11) is 0. The Hall–Kier alpha value is -1.69. The van der Waals surface area contributed by atoms with Crippen LogP contribution in [0.5, 0.6) is 0 Å². The quantitative estimate of drug-likeness (QED) is 0.594. The van der Waals surface area contributed by atoms with Gasteiger partial charge in [0.05, 0.1) is 12.7 Å². The molecule has 1 aromatic heterocycles. The third kappa shape index (κ3) is 3.32. The van der Waals surface area contributed by atoms with Gasteiger partial charge in [-0.05, 0) is 70.5 Å². The molecule has 0 saturated carbocycles. The molecular formula is C17H14FIN2. The van der Waals surface area contributed by atoms with Gasteiger partial charge in [0.25, 0.3) is 0 Å². The van der Waals surface area contributed by atoms with E-state index in [4.69, 9.17) is 0 Å². The fourth-order valence-electron chi connectivity index (χ4n) is 2.25. The summed E-state index contributed by atoms with van der Waals surface area (Å²) in [4.78, 5) is 0. The summed E-state index contributed by atoms with van der Waals surface area (Å²) in [6, 6.07) is 13.2. The standard InChI is InChI=1S/C17H14FIN2/c1-12-8-16(18)5-2-14(12)10-21-11-15(9-20-21)13-3-6-17(19)7-4-13/h2-9,11H,10H2,1H3. The lowest BCUT2D eigenvalue weighted by atomic mass is 10.1. The third-order valence-corrected chi connectivity index (χ3v) is 4.17. The van der Waals surface area contributed by atoms with Crippen LogP contribution >= 0.6 is 22.6 Å². The average Bonchev–Trinajstić information content (AvgIpc) is 2.91. The molecule has 1 heterocycles. The maximum Gasteiger partial charge on any atom is 0.123 e. The molecule has 0 aliphatic carbocycles. The van der Waals surface area contributed by atoms with E-state index in [0.29, 0.717) is 6.54 Å². The zero-order valence-electron chi connectivity index (χ0n) is 11.6. The van der Waals surface area contributed by atoms with Gasteiger partial charge in [-0.2, -0.15) is 5.10 Å². The van der Waals surface area contributed by atoms with Gasteiger partial charge >= 0.3 is 0 Å². The van der Waals surface area contributed by atoms with Crippen molar-refractivity contribution >= 4 is 22.6 Å². The molecule has 0 radical (unpaired) electrons. The summed E-state index contributed by atoms with van der Waals surface area (Å²) < 4.78 is 16.2. The van der Waals surface area contributed by atoms with Gasteiger partial charge in [-0.3, -0.25) is 4.68 Å². The van der Waals surface area contributed by atoms with Crippen LogP contribution in [0.25, 0.3) is 11.1 Å². The molecule has 21 heavy (non-hydrogen) atoms. The van der Waals surface area contributed by atoms with Crippen molar-refractivity contribution in [2.24, 2.45) is 0 Å². The second-order valence-corrected chi connectivity index (χ2v) is 6.25. The molecule has 0 bridgehead atoms. The molecule has 2 nitrogen and oxygen atoms in total. The SMILES string of the molecule is Cc1cc(F)ccc1Cn1cc(-c2ccc(I)cc2)cn1. The van der Waals surface area contributed by atoms with Crippen LogP contribution in [0.4, 0.5) is 4.39 Å². The zero-order chi connectivity index (χ0) is 14.8. The maximum absolute atomic E-state index is 13.1. The molecule has 4 heteroatoms. The summed E-state index contributed by atoms with van der Waals surface area (Å²) >= 11 is 2.29. The van der Waals surface area contributed by atoms with Gasteiger partial charge in [-0.25, -0.2) is 4.39 Å². The second kappa shape index (κ2) is 5.97. The Morgan fingerprint density at radius 2 is 1.86 bits per heavy atom. The van der Waals surface area contributed by atoms with E-state index >= 15 is 0 Å². The van der Waals surface area contributed by atoms with Gasteiger partial charge in [0.2, 0.25) is 0 Å². The lowest BCUT2D eigenvalue weighted by Gasteiger charge is -2.06. The number of hydrogen-bond acceptors (Lipinski definition) is 1. The molecule has 3 aromatic rings. The van der Waals surface area contributed by atoms with Crippen molar-refractivity contribution < 1.29 is 4.39 Å². The summed E-state index contributed by atoms with van der Waals surface area (Å²) in [6.07, 6.45) is 3.88. The Kier molecular flexibility index (Phi) is 4.05. The van der Waals surface area contributed by atoms with Crippen LogP contribution in [0.1, 0.15) is 11.1 Å². The van der Waals surface area contributed by atoms with Gasteiger partial charge in [0, 0.05) is 15.3 Å². The average molecular weight is 392 g/mol. The number of nitrogens with zero attached hydrogens (tertiary/aromatic N) is 2. The first-order chi connectivity index (χ1) is 10.1. The van der Waals surface area contributed by atoms with Crippen LogP contribution in [0.15, 0.2) is 54.9 Å². The van der Waals surface area contributed by atoms with Crippen LogP contribution in [0.3, 0.4) is 0 Å². The van der Waals surface area contributed by atoms with E-state index < -0.39 is 0 Å². The van der Waals surface area contributed by atoms with Crippen LogP contribution in [-0.2, 0) is 6.54 Å². The van der Waals surface area contributed by atoms with E-state index in [9.17, 15) is 4.39 Å². The number of hydrogen-bond donors (Lipinski definition) is 0. The van der Waals surface area contributed by atoms with Crippen molar-refractivity contribution in [1.29, 1.82) is 0 Å². The van der Waals surface area contributed by atoms with Gasteiger partial charge in [-0.15, -0.1) is 0 Å². The maximum atomic E-state index is 13.1. The molecule has 106 valence electrons. The number of benzene rings is 2. The molecule has 0 N–H and O–H groups in total. The third-order valence-electron chi connectivity index (χ3n) is 3.45. The highest BCUT2D eigenvalue weighted by atomic mass is 127. The second-order valence-electron chi connectivity index (χ2n) is 5.00. The summed E-state index contributed by atoms with van der Waals surface area (Å²) in [5.41, 5.74) is 4.26. The molecule has 0 spiro atoms. The first-order valence-electron chi connectivity index (χ1n) is 6.65. The molecule has 0 atom stereocenters. The number of rotatable bonds is 3. The minimum absolute atomic E-state index is 0.198. The molecule has 0 saturated heterocycles. The van der Waals surface area contributed by atoms with Crippen molar-refractivity contribution in [2.75, 3.05) is 0 Å². The molecule has 0 unspecified atom stereocenters. The Labute approximate surface area is 136 Å².